The van der Waals surface area contributed by atoms with Crippen LogP contribution < -0.4 is 5.32 Å². The minimum atomic E-state index is -0.664. The molecule has 2 aliphatic rings. The van der Waals surface area contributed by atoms with Gasteiger partial charge >= 0.3 is 0 Å². The summed E-state index contributed by atoms with van der Waals surface area (Å²) >= 11 is 0. The van der Waals surface area contributed by atoms with E-state index in [1.807, 2.05) is 41.5 Å². The Labute approximate surface area is 155 Å². The van der Waals surface area contributed by atoms with Crippen molar-refractivity contribution in [3.8, 4) is 0 Å². The third kappa shape index (κ3) is 4.29. The van der Waals surface area contributed by atoms with Crippen molar-refractivity contribution in [2.45, 2.75) is 72.9 Å². The number of hydrogen-bond acceptors (Lipinski definition) is 3. The molecule has 3 amide bonds. The van der Waals surface area contributed by atoms with Crippen LogP contribution in [0, 0.1) is 5.82 Å². The normalized spacial score (nSPS) is 18.5. The Morgan fingerprint density at radius 2 is 1.73 bits per heavy atom. The van der Waals surface area contributed by atoms with Gasteiger partial charge in [0.1, 0.15) is 11.9 Å². The van der Waals surface area contributed by atoms with Gasteiger partial charge in [0.25, 0.3) is 5.91 Å². The predicted molar refractivity (Wildman–Crippen MR) is 99.2 cm³/mol. The van der Waals surface area contributed by atoms with Crippen molar-refractivity contribution in [2.75, 3.05) is 0 Å². The zero-order chi connectivity index (χ0) is 20.0. The van der Waals surface area contributed by atoms with Crippen molar-refractivity contribution >= 4 is 17.7 Å². The van der Waals surface area contributed by atoms with E-state index >= 15 is 0 Å². The number of amides is 3. The number of piperidine rings is 1. The molecule has 0 aliphatic carbocycles. The third-order valence-corrected chi connectivity index (χ3v) is 4.26. The summed E-state index contributed by atoms with van der Waals surface area (Å²) in [5, 5.41) is 2.25. The highest BCUT2D eigenvalue weighted by atomic mass is 19.1. The number of hydrogen-bond donors (Lipinski definition) is 1. The van der Waals surface area contributed by atoms with Crippen LogP contribution >= 0.6 is 0 Å². The molecular weight excluding hydrogens is 335 g/mol. The molecule has 0 aromatic heterocycles. The Kier molecular flexibility index (Phi) is 7.93. The molecule has 1 fully saturated rings. The molecule has 26 heavy (non-hydrogen) atoms. The van der Waals surface area contributed by atoms with E-state index < -0.39 is 17.8 Å². The first-order valence-electron chi connectivity index (χ1n) is 9.35. The van der Waals surface area contributed by atoms with Crippen molar-refractivity contribution < 1.29 is 18.8 Å². The van der Waals surface area contributed by atoms with Crippen LogP contribution in [-0.2, 0) is 16.1 Å². The number of nitrogens with one attached hydrogen (secondary N) is 1. The van der Waals surface area contributed by atoms with Crippen molar-refractivity contribution in [1.29, 1.82) is 0 Å². The molecule has 0 saturated carbocycles. The van der Waals surface area contributed by atoms with Gasteiger partial charge in [-0.15, -0.1) is 0 Å². The topological polar surface area (TPSA) is 66.5 Å². The van der Waals surface area contributed by atoms with Gasteiger partial charge in [0, 0.05) is 18.5 Å². The highest BCUT2D eigenvalue weighted by Crippen LogP contribution is 2.31. The lowest BCUT2D eigenvalue weighted by atomic mass is 9.98. The highest BCUT2D eigenvalue weighted by Gasteiger charge is 2.39. The molecule has 1 atom stereocenters. The van der Waals surface area contributed by atoms with Gasteiger partial charge in [-0.05, 0) is 29.5 Å². The van der Waals surface area contributed by atoms with E-state index in [1.54, 1.807) is 6.07 Å². The standard InChI is InChI=1S/C16H17FN2O3.2C2H6/c1-8(2)10-5-9-7-19(16(22)11(9)6-12(10)17)13-3-4-14(20)18-15(13)21;2*1-2/h5-6,8,13H,3-4,7H2,1-2H3,(H,18,20,21);2*1-2H3. The fourth-order valence-electron chi connectivity index (χ4n) is 3.05. The van der Waals surface area contributed by atoms with Gasteiger partial charge in [0.2, 0.25) is 11.8 Å². The number of imide groups is 1. The van der Waals surface area contributed by atoms with Gasteiger partial charge in [-0.25, -0.2) is 4.39 Å². The number of nitrogens with zero attached hydrogens (tertiary/aromatic N) is 1. The zero-order valence-corrected chi connectivity index (χ0v) is 16.5. The molecule has 1 N–H and O–H groups in total. The Hall–Kier alpha value is -2.24. The molecule has 1 unspecified atom stereocenters. The van der Waals surface area contributed by atoms with E-state index in [-0.39, 0.29) is 30.7 Å². The quantitative estimate of drug-likeness (QED) is 0.813. The first-order valence-corrected chi connectivity index (χ1v) is 9.35. The molecule has 5 nitrogen and oxygen atoms in total. The molecule has 0 bridgehead atoms. The van der Waals surface area contributed by atoms with Gasteiger partial charge in [0.05, 0.1) is 0 Å². The summed E-state index contributed by atoms with van der Waals surface area (Å²) in [5.74, 6) is -1.50. The fourth-order valence-corrected chi connectivity index (χ4v) is 3.05. The van der Waals surface area contributed by atoms with Crippen LogP contribution in [0.25, 0.3) is 0 Å². The van der Waals surface area contributed by atoms with E-state index in [1.165, 1.54) is 11.0 Å². The fraction of sp³-hybridized carbons (Fsp3) is 0.550. The predicted octanol–water partition coefficient (Wildman–Crippen LogP) is 3.76. The molecular formula is C20H29FN2O3. The molecule has 2 heterocycles. The van der Waals surface area contributed by atoms with E-state index in [4.69, 9.17) is 0 Å². The van der Waals surface area contributed by atoms with Gasteiger partial charge in [-0.3, -0.25) is 19.7 Å². The van der Waals surface area contributed by atoms with Gasteiger partial charge in [0.15, 0.2) is 0 Å². The van der Waals surface area contributed by atoms with Crippen LogP contribution in [0.15, 0.2) is 12.1 Å². The van der Waals surface area contributed by atoms with Crippen molar-refractivity contribution in [1.82, 2.24) is 10.2 Å². The van der Waals surface area contributed by atoms with E-state index in [9.17, 15) is 18.8 Å². The second kappa shape index (κ2) is 9.46. The minimum Gasteiger partial charge on any atom is -0.322 e. The Bertz CT molecular complexity index is 686. The summed E-state index contributed by atoms with van der Waals surface area (Å²) in [6, 6.07) is 2.31. The number of benzene rings is 1. The lowest BCUT2D eigenvalue weighted by Gasteiger charge is -2.29. The van der Waals surface area contributed by atoms with Crippen LogP contribution in [0.2, 0.25) is 0 Å². The maximum Gasteiger partial charge on any atom is 0.255 e. The van der Waals surface area contributed by atoms with Crippen molar-refractivity contribution in [3.05, 3.63) is 34.6 Å². The monoisotopic (exact) mass is 364 g/mol. The summed E-state index contributed by atoms with van der Waals surface area (Å²) in [6.45, 7) is 12.1. The number of carbonyl (C=O) groups excluding carboxylic acids is 3. The van der Waals surface area contributed by atoms with Crippen LogP contribution in [0.1, 0.15) is 81.8 Å². The molecule has 2 aliphatic heterocycles. The Balaban J connectivity index is 0.000000791. The van der Waals surface area contributed by atoms with Crippen LogP contribution in [0.4, 0.5) is 4.39 Å². The Morgan fingerprint density at radius 3 is 2.27 bits per heavy atom. The Morgan fingerprint density at radius 1 is 1.12 bits per heavy atom. The molecule has 3 rings (SSSR count). The summed E-state index contributed by atoms with van der Waals surface area (Å²) in [7, 11) is 0. The first-order chi connectivity index (χ1) is 12.4. The van der Waals surface area contributed by atoms with Crippen LogP contribution in [0.5, 0.6) is 0 Å². The molecule has 1 aromatic rings. The van der Waals surface area contributed by atoms with Gasteiger partial charge in [-0.2, -0.15) is 0 Å². The number of rotatable bonds is 2. The number of fused-ring (bicyclic) bond motifs is 1. The first kappa shape index (κ1) is 21.8. The second-order valence-corrected chi connectivity index (χ2v) is 6.09. The number of carbonyl (C=O) groups is 3. The maximum absolute atomic E-state index is 14.1. The average Bonchev–Trinajstić information content (AvgIpc) is 2.94. The third-order valence-electron chi connectivity index (χ3n) is 4.26. The number of halogens is 1. The summed E-state index contributed by atoms with van der Waals surface area (Å²) in [6.07, 6.45) is 0.520. The van der Waals surface area contributed by atoms with Crippen LogP contribution in [-0.4, -0.2) is 28.7 Å². The molecule has 144 valence electrons. The van der Waals surface area contributed by atoms with Crippen molar-refractivity contribution in [3.63, 3.8) is 0 Å². The molecule has 1 aromatic carbocycles. The zero-order valence-electron chi connectivity index (χ0n) is 16.5. The summed E-state index contributed by atoms with van der Waals surface area (Å²) < 4.78 is 14.1. The molecule has 1 saturated heterocycles. The lowest BCUT2D eigenvalue weighted by molar-refractivity contribution is -0.136. The average molecular weight is 364 g/mol. The van der Waals surface area contributed by atoms with Crippen LogP contribution in [0.3, 0.4) is 0 Å². The minimum absolute atomic E-state index is 0.0186. The van der Waals surface area contributed by atoms with Gasteiger partial charge < -0.3 is 4.90 Å². The summed E-state index contributed by atoms with van der Waals surface area (Å²) in [4.78, 5) is 37.0. The van der Waals surface area contributed by atoms with Crippen molar-refractivity contribution in [2.24, 2.45) is 0 Å². The largest absolute Gasteiger partial charge is 0.322 e. The van der Waals surface area contributed by atoms with Gasteiger partial charge in [-0.1, -0.05) is 47.6 Å². The lowest BCUT2D eigenvalue weighted by Crippen LogP contribution is -2.52. The summed E-state index contributed by atoms with van der Waals surface area (Å²) in [5.41, 5.74) is 1.61. The highest BCUT2D eigenvalue weighted by molar-refractivity contribution is 6.05. The van der Waals surface area contributed by atoms with E-state index in [0.717, 1.165) is 5.56 Å². The molecule has 0 spiro atoms. The SMILES string of the molecule is CC.CC.CC(C)c1cc2c(cc1F)C(=O)N(C1CCC(=O)NC1=O)C2. The second-order valence-electron chi connectivity index (χ2n) is 6.09. The smallest absolute Gasteiger partial charge is 0.255 e. The maximum atomic E-state index is 14.1. The molecule has 6 heteroatoms. The van der Waals surface area contributed by atoms with E-state index in [2.05, 4.69) is 5.32 Å². The van der Waals surface area contributed by atoms with E-state index in [0.29, 0.717) is 17.5 Å². The molecule has 0 radical (unpaired) electrons.